The van der Waals surface area contributed by atoms with Crippen molar-refractivity contribution in [3.05, 3.63) is 62.8 Å². The van der Waals surface area contributed by atoms with E-state index in [0.717, 1.165) is 27.6 Å². The molecule has 1 heterocycles. The van der Waals surface area contributed by atoms with Crippen molar-refractivity contribution >= 4 is 46.1 Å². The molecule has 0 unspecified atom stereocenters. The number of nitrogens with zero attached hydrogens (tertiary/aromatic N) is 2. The number of ether oxygens (including phenoxy) is 2. The zero-order chi connectivity index (χ0) is 24.3. The van der Waals surface area contributed by atoms with Gasteiger partial charge in [0, 0.05) is 50.1 Å². The summed E-state index contributed by atoms with van der Waals surface area (Å²) < 4.78 is 12.2. The summed E-state index contributed by atoms with van der Waals surface area (Å²) in [6.45, 7) is 0.459. The average Bonchev–Trinajstić information content (AvgIpc) is 3.02. The molecule has 2 amide bonds. The van der Waals surface area contributed by atoms with Crippen LogP contribution in [0.15, 0.2) is 30.3 Å². The van der Waals surface area contributed by atoms with Crippen LogP contribution in [-0.2, 0) is 24.6 Å². The fourth-order valence-corrected chi connectivity index (χ4v) is 4.21. The van der Waals surface area contributed by atoms with Crippen LogP contribution in [0.1, 0.15) is 27.0 Å². The van der Waals surface area contributed by atoms with E-state index in [-0.39, 0.29) is 6.03 Å². The second-order valence-electron chi connectivity index (χ2n) is 7.86. The van der Waals surface area contributed by atoms with Crippen molar-refractivity contribution in [2.45, 2.75) is 12.8 Å². The fourth-order valence-electron chi connectivity index (χ4n) is 3.69. The van der Waals surface area contributed by atoms with Crippen molar-refractivity contribution in [1.29, 1.82) is 0 Å². The Hall–Kier alpha value is -2.90. The van der Waals surface area contributed by atoms with Crippen molar-refractivity contribution in [2.75, 3.05) is 34.9 Å². The van der Waals surface area contributed by atoms with Crippen LogP contribution in [0.2, 0.25) is 10.2 Å². The summed E-state index contributed by atoms with van der Waals surface area (Å²) in [6.07, 6.45) is 1.08. The maximum Gasteiger partial charge on any atom is 0.337 e. The van der Waals surface area contributed by atoms with E-state index in [2.05, 4.69) is 5.32 Å². The largest absolute Gasteiger partial charge is 0.496 e. The van der Waals surface area contributed by atoms with Gasteiger partial charge < -0.3 is 24.3 Å². The zero-order valence-electron chi connectivity index (χ0n) is 19.3. The molecule has 0 saturated carbocycles. The van der Waals surface area contributed by atoms with Crippen LogP contribution in [0.4, 0.5) is 4.79 Å². The van der Waals surface area contributed by atoms with E-state index in [9.17, 15) is 9.59 Å². The summed E-state index contributed by atoms with van der Waals surface area (Å²) in [5, 5.41) is 5.04. The van der Waals surface area contributed by atoms with Gasteiger partial charge in [0.05, 0.1) is 25.3 Å². The van der Waals surface area contributed by atoms with Crippen molar-refractivity contribution in [3.63, 3.8) is 0 Å². The summed E-state index contributed by atoms with van der Waals surface area (Å²) in [5.74, 6) is 0.148. The number of halogens is 2. The van der Waals surface area contributed by atoms with Crippen LogP contribution in [0.3, 0.4) is 0 Å². The van der Waals surface area contributed by atoms with Crippen molar-refractivity contribution < 1.29 is 19.1 Å². The molecule has 0 saturated heterocycles. The van der Waals surface area contributed by atoms with Crippen molar-refractivity contribution in [1.82, 2.24) is 14.8 Å². The van der Waals surface area contributed by atoms with E-state index in [1.165, 1.54) is 12.0 Å². The lowest BCUT2D eigenvalue weighted by Gasteiger charge is -2.13. The van der Waals surface area contributed by atoms with Gasteiger partial charge in [0.25, 0.3) is 0 Å². The first kappa shape index (κ1) is 24.7. The van der Waals surface area contributed by atoms with Gasteiger partial charge in [0.2, 0.25) is 0 Å². The number of hydrogen-bond donors (Lipinski definition) is 1. The lowest BCUT2D eigenvalue weighted by Crippen LogP contribution is -2.35. The number of aryl methyl sites for hydroxylation is 1. The Morgan fingerprint density at radius 3 is 2.45 bits per heavy atom. The number of urea groups is 1. The highest BCUT2D eigenvalue weighted by atomic mass is 35.5. The summed E-state index contributed by atoms with van der Waals surface area (Å²) >= 11 is 13.3. The number of carbonyl (C=O) groups excluding carboxylic acids is 2. The lowest BCUT2D eigenvalue weighted by atomic mass is 10.00. The lowest BCUT2D eigenvalue weighted by molar-refractivity contribution is 0.0600. The number of amides is 2. The summed E-state index contributed by atoms with van der Waals surface area (Å²) in [5.41, 5.74) is 4.05. The molecule has 3 rings (SSSR count). The molecule has 0 atom stereocenters. The van der Waals surface area contributed by atoms with Crippen molar-refractivity contribution in [2.24, 2.45) is 7.05 Å². The number of benzene rings is 2. The van der Waals surface area contributed by atoms with Gasteiger partial charge in [-0.15, -0.1) is 0 Å². The Labute approximate surface area is 203 Å². The third-order valence-electron chi connectivity index (χ3n) is 5.55. The minimum absolute atomic E-state index is 0.154. The molecule has 2 aromatic carbocycles. The molecule has 1 N–H and O–H groups in total. The SMILES string of the molecule is COC(=O)c1ccc(Cc2c(Cl)n(C)c3cc(Cl)c(CCNC(=O)N(C)C)cc23)c(OC)c1. The second-order valence-corrected chi connectivity index (χ2v) is 8.63. The first-order valence-corrected chi connectivity index (χ1v) is 11.1. The zero-order valence-corrected chi connectivity index (χ0v) is 20.8. The fraction of sp³-hybridized carbons (Fsp3) is 0.333. The quantitative estimate of drug-likeness (QED) is 0.486. The van der Waals surface area contributed by atoms with E-state index in [1.807, 2.05) is 29.8 Å². The van der Waals surface area contributed by atoms with Gasteiger partial charge in [-0.25, -0.2) is 9.59 Å². The molecule has 0 fully saturated rings. The second kappa shape index (κ2) is 10.4. The van der Waals surface area contributed by atoms with Crippen LogP contribution < -0.4 is 10.1 Å². The average molecular weight is 492 g/mol. The van der Waals surface area contributed by atoms with Gasteiger partial charge in [-0.2, -0.15) is 0 Å². The monoisotopic (exact) mass is 491 g/mol. The van der Waals surface area contributed by atoms with Gasteiger partial charge in [-0.1, -0.05) is 29.3 Å². The molecular formula is C24H27Cl2N3O4. The molecule has 33 heavy (non-hydrogen) atoms. The summed E-state index contributed by atoms with van der Waals surface area (Å²) in [6, 6.07) is 8.98. The van der Waals surface area contributed by atoms with Crippen LogP contribution in [-0.4, -0.2) is 56.3 Å². The standard InChI is InChI=1S/C24H27Cl2N3O4/c1-28(2)24(31)27-9-8-14-10-17-18(22(26)29(3)20(17)13-19(14)25)11-15-6-7-16(23(30)33-5)12-21(15)32-4/h6-7,10,12-13H,8-9,11H2,1-5H3,(H,27,31). The van der Waals surface area contributed by atoms with Crippen LogP contribution >= 0.6 is 23.2 Å². The maximum atomic E-state index is 11.9. The topological polar surface area (TPSA) is 72.8 Å². The molecular weight excluding hydrogens is 465 g/mol. The van der Waals surface area contributed by atoms with E-state index in [0.29, 0.717) is 40.9 Å². The molecule has 176 valence electrons. The Balaban J connectivity index is 1.97. The Bertz CT molecular complexity index is 1200. The Kier molecular flexibility index (Phi) is 7.76. The number of hydrogen-bond acceptors (Lipinski definition) is 4. The molecule has 0 bridgehead atoms. The molecule has 9 heteroatoms. The number of nitrogens with one attached hydrogen (secondary N) is 1. The van der Waals surface area contributed by atoms with E-state index in [1.54, 1.807) is 33.3 Å². The molecule has 0 aliphatic rings. The number of methoxy groups -OCH3 is 2. The highest BCUT2D eigenvalue weighted by Crippen LogP contribution is 2.36. The van der Waals surface area contributed by atoms with Gasteiger partial charge >= 0.3 is 12.0 Å². The van der Waals surface area contributed by atoms with Crippen LogP contribution in [0.5, 0.6) is 5.75 Å². The van der Waals surface area contributed by atoms with Gasteiger partial charge in [-0.05, 0) is 41.8 Å². The molecule has 0 spiro atoms. The number of carbonyl (C=O) groups is 2. The highest BCUT2D eigenvalue weighted by Gasteiger charge is 2.19. The number of fused-ring (bicyclic) bond motifs is 1. The molecule has 1 aromatic heterocycles. The Morgan fingerprint density at radius 1 is 1.09 bits per heavy atom. The first-order valence-electron chi connectivity index (χ1n) is 10.3. The smallest absolute Gasteiger partial charge is 0.337 e. The van der Waals surface area contributed by atoms with Crippen LogP contribution in [0, 0.1) is 0 Å². The minimum Gasteiger partial charge on any atom is -0.496 e. The third kappa shape index (κ3) is 5.20. The predicted octanol–water partition coefficient (Wildman–Crippen LogP) is 4.68. The van der Waals surface area contributed by atoms with Crippen molar-refractivity contribution in [3.8, 4) is 5.75 Å². The summed E-state index contributed by atoms with van der Waals surface area (Å²) in [7, 11) is 8.17. The van der Waals surface area contributed by atoms with E-state index < -0.39 is 5.97 Å². The van der Waals surface area contributed by atoms with Gasteiger partial charge in [-0.3, -0.25) is 0 Å². The van der Waals surface area contributed by atoms with Gasteiger partial charge in [0.1, 0.15) is 10.9 Å². The highest BCUT2D eigenvalue weighted by molar-refractivity contribution is 6.33. The minimum atomic E-state index is -0.427. The molecule has 0 aliphatic carbocycles. The molecule has 0 radical (unpaired) electrons. The van der Waals surface area contributed by atoms with Gasteiger partial charge in [0.15, 0.2) is 0 Å². The summed E-state index contributed by atoms with van der Waals surface area (Å²) in [4.78, 5) is 25.2. The maximum absolute atomic E-state index is 11.9. The number of rotatable bonds is 7. The van der Waals surface area contributed by atoms with E-state index in [4.69, 9.17) is 32.7 Å². The first-order chi connectivity index (χ1) is 15.7. The number of esters is 1. The van der Waals surface area contributed by atoms with Crippen LogP contribution in [0.25, 0.3) is 10.9 Å². The van der Waals surface area contributed by atoms with E-state index >= 15 is 0 Å². The molecule has 3 aromatic rings. The predicted molar refractivity (Wildman–Crippen MR) is 131 cm³/mol. The normalized spacial score (nSPS) is 10.9. The molecule has 0 aliphatic heterocycles. The Morgan fingerprint density at radius 2 is 1.82 bits per heavy atom. The third-order valence-corrected chi connectivity index (χ3v) is 6.38. The number of aromatic nitrogens is 1. The molecule has 7 nitrogen and oxygen atoms in total.